The van der Waals surface area contributed by atoms with Crippen LogP contribution in [0.4, 0.5) is 0 Å². The molecular weight excluding hydrogens is 136 g/mol. The highest BCUT2D eigenvalue weighted by Crippen LogP contribution is 1.92. The number of hydrogen-bond donors (Lipinski definition) is 1. The second-order valence-electron chi connectivity index (χ2n) is 3.64. The van der Waals surface area contributed by atoms with Gasteiger partial charge >= 0.3 is 0 Å². The Kier molecular flexibility index (Phi) is 5.51. The zero-order valence-electron chi connectivity index (χ0n) is 8.52. The molecule has 0 saturated carbocycles. The topological polar surface area (TPSA) is 15.3 Å². The largest absolute Gasteiger partial charge is 0.311 e. The van der Waals surface area contributed by atoms with Gasteiger partial charge < -0.3 is 10.2 Å². The van der Waals surface area contributed by atoms with Gasteiger partial charge in [0.2, 0.25) is 0 Å². The van der Waals surface area contributed by atoms with E-state index in [0.29, 0.717) is 12.1 Å². The summed E-state index contributed by atoms with van der Waals surface area (Å²) in [6.07, 6.45) is 1.21. The zero-order chi connectivity index (χ0) is 8.85. The normalized spacial score (nSPS) is 16.9. The number of rotatable bonds is 5. The van der Waals surface area contributed by atoms with Crippen molar-refractivity contribution in [3.63, 3.8) is 0 Å². The average molecular weight is 158 g/mol. The molecule has 0 spiro atoms. The lowest BCUT2D eigenvalue weighted by Gasteiger charge is -2.21. The minimum Gasteiger partial charge on any atom is -0.311 e. The van der Waals surface area contributed by atoms with E-state index in [1.807, 2.05) is 0 Å². The van der Waals surface area contributed by atoms with Crippen LogP contribution < -0.4 is 5.32 Å². The van der Waals surface area contributed by atoms with Crippen LogP contribution in [0.25, 0.3) is 0 Å². The number of nitrogens with zero attached hydrogens (tertiary/aromatic N) is 1. The molecule has 2 nitrogen and oxygen atoms in total. The van der Waals surface area contributed by atoms with E-state index >= 15 is 0 Å². The van der Waals surface area contributed by atoms with Crippen LogP contribution in [0.15, 0.2) is 0 Å². The van der Waals surface area contributed by atoms with Gasteiger partial charge in [0.05, 0.1) is 0 Å². The minimum atomic E-state index is 0.597. The summed E-state index contributed by atoms with van der Waals surface area (Å²) in [6.45, 7) is 7.78. The molecule has 0 unspecified atom stereocenters. The Hall–Kier alpha value is -0.0800. The van der Waals surface area contributed by atoms with E-state index in [4.69, 9.17) is 0 Å². The van der Waals surface area contributed by atoms with Gasteiger partial charge in [0.15, 0.2) is 0 Å². The monoisotopic (exact) mass is 158 g/mol. The number of nitrogens with one attached hydrogen (secondary N) is 1. The van der Waals surface area contributed by atoms with Crippen LogP contribution in [-0.4, -0.2) is 37.6 Å². The molecule has 0 aromatic carbocycles. The van der Waals surface area contributed by atoms with E-state index in [0.717, 1.165) is 6.54 Å². The standard InChI is InChI=1S/C9H22N2/c1-6-8(2)10-9(3)7-11(4)5/h8-10H,6-7H2,1-5H3/t8-,9+/m1/s1. The second-order valence-corrected chi connectivity index (χ2v) is 3.64. The SMILES string of the molecule is CC[C@@H](C)N[C@@H](C)CN(C)C. The van der Waals surface area contributed by atoms with Crippen LogP contribution in [0.2, 0.25) is 0 Å². The number of hydrogen-bond acceptors (Lipinski definition) is 2. The first-order valence-corrected chi connectivity index (χ1v) is 4.47. The molecule has 0 aliphatic carbocycles. The highest BCUT2D eigenvalue weighted by Gasteiger charge is 2.05. The van der Waals surface area contributed by atoms with Crippen LogP contribution in [0.5, 0.6) is 0 Å². The van der Waals surface area contributed by atoms with Crippen molar-refractivity contribution in [2.75, 3.05) is 20.6 Å². The fourth-order valence-electron chi connectivity index (χ4n) is 1.20. The van der Waals surface area contributed by atoms with Gasteiger partial charge in [0.25, 0.3) is 0 Å². The number of likely N-dealkylation sites (N-methyl/N-ethyl adjacent to an activating group) is 1. The Labute approximate surface area is 71.0 Å². The van der Waals surface area contributed by atoms with Gasteiger partial charge in [-0.3, -0.25) is 0 Å². The lowest BCUT2D eigenvalue weighted by Crippen LogP contribution is -2.40. The summed E-state index contributed by atoms with van der Waals surface area (Å²) in [5, 5.41) is 3.52. The molecule has 0 radical (unpaired) electrons. The van der Waals surface area contributed by atoms with Crippen molar-refractivity contribution in [1.29, 1.82) is 0 Å². The second kappa shape index (κ2) is 5.56. The van der Waals surface area contributed by atoms with Crippen molar-refractivity contribution >= 4 is 0 Å². The van der Waals surface area contributed by atoms with Crippen molar-refractivity contribution in [3.8, 4) is 0 Å². The molecule has 0 aromatic heterocycles. The van der Waals surface area contributed by atoms with E-state index in [1.54, 1.807) is 0 Å². The maximum absolute atomic E-state index is 3.52. The predicted molar refractivity (Wildman–Crippen MR) is 50.9 cm³/mol. The van der Waals surface area contributed by atoms with Gasteiger partial charge in [0.1, 0.15) is 0 Å². The Balaban J connectivity index is 3.43. The van der Waals surface area contributed by atoms with Crippen LogP contribution in [0.3, 0.4) is 0 Å². The first-order valence-electron chi connectivity index (χ1n) is 4.47. The molecule has 11 heavy (non-hydrogen) atoms. The third kappa shape index (κ3) is 6.32. The third-order valence-corrected chi connectivity index (χ3v) is 1.82. The summed E-state index contributed by atoms with van der Waals surface area (Å²) in [4.78, 5) is 2.21. The average Bonchev–Trinajstić information content (AvgIpc) is 1.85. The molecule has 0 bridgehead atoms. The van der Waals surface area contributed by atoms with E-state index in [1.165, 1.54) is 6.42 Å². The third-order valence-electron chi connectivity index (χ3n) is 1.82. The van der Waals surface area contributed by atoms with Crippen molar-refractivity contribution in [3.05, 3.63) is 0 Å². The minimum absolute atomic E-state index is 0.597. The predicted octanol–water partition coefficient (Wildman–Crippen LogP) is 1.32. The van der Waals surface area contributed by atoms with Gasteiger partial charge in [-0.1, -0.05) is 6.92 Å². The molecule has 2 heteroatoms. The van der Waals surface area contributed by atoms with Gasteiger partial charge in [-0.05, 0) is 34.4 Å². The van der Waals surface area contributed by atoms with Crippen LogP contribution >= 0.6 is 0 Å². The summed E-state index contributed by atoms with van der Waals surface area (Å²) >= 11 is 0. The van der Waals surface area contributed by atoms with Crippen molar-refractivity contribution < 1.29 is 0 Å². The van der Waals surface area contributed by atoms with Gasteiger partial charge in [-0.15, -0.1) is 0 Å². The smallest absolute Gasteiger partial charge is 0.0168 e. The fourth-order valence-corrected chi connectivity index (χ4v) is 1.20. The van der Waals surface area contributed by atoms with Gasteiger partial charge in [-0.25, -0.2) is 0 Å². The lowest BCUT2D eigenvalue weighted by molar-refractivity contribution is 0.330. The lowest BCUT2D eigenvalue weighted by atomic mass is 10.2. The van der Waals surface area contributed by atoms with Gasteiger partial charge in [-0.2, -0.15) is 0 Å². The molecule has 1 N–H and O–H groups in total. The molecule has 2 atom stereocenters. The van der Waals surface area contributed by atoms with Gasteiger partial charge in [0, 0.05) is 18.6 Å². The Morgan fingerprint density at radius 3 is 2.09 bits per heavy atom. The highest BCUT2D eigenvalue weighted by molar-refractivity contribution is 4.67. The van der Waals surface area contributed by atoms with E-state index in [2.05, 4.69) is 45.1 Å². The highest BCUT2D eigenvalue weighted by atomic mass is 15.1. The molecule has 0 amide bonds. The Morgan fingerprint density at radius 1 is 1.18 bits per heavy atom. The molecule has 68 valence electrons. The van der Waals surface area contributed by atoms with E-state index in [9.17, 15) is 0 Å². The summed E-state index contributed by atoms with van der Waals surface area (Å²) in [5.74, 6) is 0. The maximum atomic E-state index is 3.52. The molecule has 0 saturated heterocycles. The first kappa shape index (κ1) is 10.9. The van der Waals surface area contributed by atoms with E-state index in [-0.39, 0.29) is 0 Å². The van der Waals surface area contributed by atoms with E-state index < -0.39 is 0 Å². The summed E-state index contributed by atoms with van der Waals surface area (Å²) in [7, 11) is 4.21. The Bertz CT molecular complexity index is 91.6. The molecule has 0 aliphatic rings. The fraction of sp³-hybridized carbons (Fsp3) is 1.00. The molecular formula is C9H22N2. The van der Waals surface area contributed by atoms with Crippen LogP contribution in [0, 0.1) is 0 Å². The van der Waals surface area contributed by atoms with Crippen LogP contribution in [-0.2, 0) is 0 Å². The quantitative estimate of drug-likeness (QED) is 0.649. The van der Waals surface area contributed by atoms with Crippen molar-refractivity contribution in [2.45, 2.75) is 39.3 Å². The van der Waals surface area contributed by atoms with Crippen molar-refractivity contribution in [2.24, 2.45) is 0 Å². The molecule has 0 fully saturated rings. The molecule has 0 aliphatic heterocycles. The van der Waals surface area contributed by atoms with Crippen LogP contribution in [0.1, 0.15) is 27.2 Å². The summed E-state index contributed by atoms with van der Waals surface area (Å²) in [6, 6.07) is 1.24. The van der Waals surface area contributed by atoms with Crippen molar-refractivity contribution in [1.82, 2.24) is 10.2 Å². The summed E-state index contributed by atoms with van der Waals surface area (Å²) < 4.78 is 0. The molecule has 0 aromatic rings. The Morgan fingerprint density at radius 2 is 1.73 bits per heavy atom. The maximum Gasteiger partial charge on any atom is 0.0168 e. The molecule has 0 rings (SSSR count). The molecule has 0 heterocycles. The zero-order valence-corrected chi connectivity index (χ0v) is 8.52. The summed E-state index contributed by atoms with van der Waals surface area (Å²) in [5.41, 5.74) is 0. The first-order chi connectivity index (χ1) is 5.06.